The molecule has 1 fully saturated rings. The normalized spacial score (nSPS) is 14.9. The summed E-state index contributed by atoms with van der Waals surface area (Å²) in [6, 6.07) is 10.6. The number of aryl methyl sites for hydroxylation is 1. The van der Waals surface area contributed by atoms with Gasteiger partial charge in [-0.3, -0.25) is 4.79 Å². The van der Waals surface area contributed by atoms with E-state index in [0.29, 0.717) is 44.1 Å². The number of benzene rings is 2. The van der Waals surface area contributed by atoms with E-state index < -0.39 is 21.1 Å². The minimum atomic E-state index is -4.03. The van der Waals surface area contributed by atoms with Crippen molar-refractivity contribution in [3.8, 4) is 0 Å². The second-order valence-corrected chi connectivity index (χ2v) is 9.17. The van der Waals surface area contributed by atoms with Crippen LogP contribution in [-0.2, 0) is 21.1 Å². The number of halogens is 1. The molecule has 1 aliphatic heterocycles. The Balaban J connectivity index is 1.95. The van der Waals surface area contributed by atoms with E-state index in [-0.39, 0.29) is 15.2 Å². The van der Waals surface area contributed by atoms with E-state index >= 15 is 0 Å². The molecule has 2 aromatic carbocycles. The first kappa shape index (κ1) is 20.6. The van der Waals surface area contributed by atoms with Gasteiger partial charge >= 0.3 is 0 Å². The Morgan fingerprint density at radius 1 is 1.10 bits per heavy atom. The largest absolute Gasteiger partial charge is 0.378 e. The zero-order chi connectivity index (χ0) is 21.3. The monoisotopic (exact) mass is 430 g/mol. The molecular weight excluding hydrogens is 407 g/mol. The lowest BCUT2D eigenvalue weighted by Crippen LogP contribution is -2.36. The van der Waals surface area contributed by atoms with Crippen molar-refractivity contribution in [2.75, 3.05) is 31.2 Å². The number of fused-ring (bicyclic) bond motifs is 1. The standard InChI is InChI=1S/C22H23FN2O4S/c1-2-8-25-15-21(30(27,28)16-6-4-3-5-7-16)22(26)17-13-18(23)20(14-19(17)25)24-9-11-29-12-10-24/h3-7,13-15H,2,8-12H2,1H3. The van der Waals surface area contributed by atoms with Crippen LogP contribution in [0.1, 0.15) is 13.3 Å². The van der Waals surface area contributed by atoms with Crippen LogP contribution in [0.15, 0.2) is 63.2 Å². The van der Waals surface area contributed by atoms with Crippen LogP contribution in [-0.4, -0.2) is 39.3 Å². The second kappa shape index (κ2) is 8.20. The van der Waals surface area contributed by atoms with E-state index in [1.165, 1.54) is 24.4 Å². The van der Waals surface area contributed by atoms with Gasteiger partial charge in [0.05, 0.1) is 34.7 Å². The lowest BCUT2D eigenvalue weighted by Gasteiger charge is -2.29. The Hall–Kier alpha value is -2.71. The molecule has 0 radical (unpaired) electrons. The Morgan fingerprint density at radius 3 is 2.47 bits per heavy atom. The van der Waals surface area contributed by atoms with Gasteiger partial charge in [0.25, 0.3) is 0 Å². The van der Waals surface area contributed by atoms with Gasteiger partial charge in [0, 0.05) is 25.8 Å². The van der Waals surface area contributed by atoms with Crippen LogP contribution in [0.2, 0.25) is 0 Å². The smallest absolute Gasteiger partial charge is 0.211 e. The fourth-order valence-electron chi connectivity index (χ4n) is 3.76. The SMILES string of the molecule is CCCn1cc(S(=O)(=O)c2ccccc2)c(=O)c2cc(F)c(N3CCOCC3)cc21. The summed E-state index contributed by atoms with van der Waals surface area (Å²) in [5.41, 5.74) is 0.235. The molecule has 0 unspecified atom stereocenters. The molecule has 0 aliphatic carbocycles. The van der Waals surface area contributed by atoms with Crippen molar-refractivity contribution in [2.24, 2.45) is 0 Å². The molecule has 3 aromatic rings. The lowest BCUT2D eigenvalue weighted by atomic mass is 10.1. The highest BCUT2D eigenvalue weighted by molar-refractivity contribution is 7.91. The Morgan fingerprint density at radius 2 is 1.80 bits per heavy atom. The van der Waals surface area contributed by atoms with E-state index in [0.717, 1.165) is 6.42 Å². The molecule has 1 aromatic heterocycles. The fourth-order valence-corrected chi connectivity index (χ4v) is 5.15. The summed E-state index contributed by atoms with van der Waals surface area (Å²) in [5, 5.41) is 0.0648. The van der Waals surface area contributed by atoms with Gasteiger partial charge in [-0.1, -0.05) is 25.1 Å². The first-order valence-corrected chi connectivity index (χ1v) is 11.4. The van der Waals surface area contributed by atoms with Crippen LogP contribution in [0.4, 0.5) is 10.1 Å². The molecule has 30 heavy (non-hydrogen) atoms. The third-order valence-corrected chi connectivity index (χ3v) is 7.04. The molecule has 0 N–H and O–H groups in total. The van der Waals surface area contributed by atoms with Gasteiger partial charge in [-0.05, 0) is 30.7 Å². The van der Waals surface area contributed by atoms with E-state index in [1.54, 1.807) is 28.8 Å². The summed E-state index contributed by atoms with van der Waals surface area (Å²) >= 11 is 0. The number of morpholine rings is 1. The Bertz CT molecular complexity index is 1230. The minimum absolute atomic E-state index is 0.0370. The van der Waals surface area contributed by atoms with Crippen molar-refractivity contribution >= 4 is 26.4 Å². The van der Waals surface area contributed by atoms with Crippen LogP contribution in [0.5, 0.6) is 0 Å². The topological polar surface area (TPSA) is 68.6 Å². The van der Waals surface area contributed by atoms with Crippen LogP contribution < -0.4 is 10.3 Å². The molecule has 0 bridgehead atoms. The van der Waals surface area contributed by atoms with Crippen molar-refractivity contribution in [1.29, 1.82) is 0 Å². The van der Waals surface area contributed by atoms with Gasteiger partial charge in [-0.15, -0.1) is 0 Å². The molecule has 2 heterocycles. The number of hydrogen-bond acceptors (Lipinski definition) is 5. The molecule has 8 heteroatoms. The molecule has 0 spiro atoms. The van der Waals surface area contributed by atoms with Crippen molar-refractivity contribution in [1.82, 2.24) is 4.57 Å². The van der Waals surface area contributed by atoms with Crippen molar-refractivity contribution in [3.05, 3.63) is 64.7 Å². The highest BCUT2D eigenvalue weighted by atomic mass is 32.2. The minimum Gasteiger partial charge on any atom is -0.378 e. The number of hydrogen-bond donors (Lipinski definition) is 0. The molecule has 0 saturated carbocycles. The summed E-state index contributed by atoms with van der Waals surface area (Å²) in [7, 11) is -4.03. The number of aromatic nitrogens is 1. The van der Waals surface area contributed by atoms with Crippen LogP contribution >= 0.6 is 0 Å². The molecule has 158 valence electrons. The number of anilines is 1. The van der Waals surface area contributed by atoms with E-state index in [9.17, 15) is 17.6 Å². The van der Waals surface area contributed by atoms with Gasteiger partial charge < -0.3 is 14.2 Å². The number of pyridine rings is 1. The van der Waals surface area contributed by atoms with Crippen LogP contribution in [0.3, 0.4) is 0 Å². The average Bonchev–Trinajstić information content (AvgIpc) is 2.76. The first-order valence-electron chi connectivity index (χ1n) is 9.93. The molecular formula is C22H23FN2O4S. The number of rotatable bonds is 5. The summed E-state index contributed by atoms with van der Waals surface area (Å²) in [6.45, 7) is 4.59. The predicted molar refractivity (Wildman–Crippen MR) is 113 cm³/mol. The summed E-state index contributed by atoms with van der Waals surface area (Å²) in [5.74, 6) is -0.543. The fraction of sp³-hybridized carbons (Fsp3) is 0.318. The van der Waals surface area contributed by atoms with Crippen LogP contribution in [0, 0.1) is 5.82 Å². The number of nitrogens with zero attached hydrogens (tertiary/aromatic N) is 2. The third kappa shape index (κ3) is 3.61. The van der Waals surface area contributed by atoms with Gasteiger partial charge in [-0.25, -0.2) is 12.8 Å². The summed E-state index contributed by atoms with van der Waals surface area (Å²) in [4.78, 5) is 14.7. The zero-order valence-corrected chi connectivity index (χ0v) is 17.5. The van der Waals surface area contributed by atoms with Crippen molar-refractivity contribution in [2.45, 2.75) is 29.7 Å². The summed E-state index contributed by atoms with van der Waals surface area (Å²) in [6.07, 6.45) is 2.12. The van der Waals surface area contributed by atoms with Crippen molar-refractivity contribution < 1.29 is 17.5 Å². The molecule has 1 aliphatic rings. The van der Waals surface area contributed by atoms with Gasteiger partial charge in [0.2, 0.25) is 15.3 Å². The quantitative estimate of drug-likeness (QED) is 0.622. The van der Waals surface area contributed by atoms with Crippen molar-refractivity contribution in [3.63, 3.8) is 0 Å². The summed E-state index contributed by atoms with van der Waals surface area (Å²) < 4.78 is 48.3. The third-order valence-electron chi connectivity index (χ3n) is 5.28. The maximum atomic E-state index is 15.0. The highest BCUT2D eigenvalue weighted by Gasteiger charge is 2.25. The molecule has 0 amide bonds. The second-order valence-electron chi connectivity index (χ2n) is 7.25. The molecule has 1 saturated heterocycles. The molecule has 0 atom stereocenters. The number of ether oxygens (including phenoxy) is 1. The maximum absolute atomic E-state index is 15.0. The van der Waals surface area contributed by atoms with Gasteiger partial charge in [-0.2, -0.15) is 0 Å². The van der Waals surface area contributed by atoms with E-state index in [4.69, 9.17) is 4.74 Å². The first-order chi connectivity index (χ1) is 14.4. The van der Waals surface area contributed by atoms with E-state index in [1.807, 2.05) is 11.8 Å². The number of sulfone groups is 1. The van der Waals surface area contributed by atoms with Gasteiger partial charge in [0.1, 0.15) is 10.7 Å². The Labute approximate surface area is 174 Å². The van der Waals surface area contributed by atoms with Crippen LogP contribution in [0.25, 0.3) is 10.9 Å². The lowest BCUT2D eigenvalue weighted by molar-refractivity contribution is 0.122. The maximum Gasteiger partial charge on any atom is 0.211 e. The average molecular weight is 431 g/mol. The predicted octanol–water partition coefficient (Wildman–Crippen LogP) is 3.22. The van der Waals surface area contributed by atoms with E-state index in [2.05, 4.69) is 0 Å². The zero-order valence-electron chi connectivity index (χ0n) is 16.7. The highest BCUT2D eigenvalue weighted by Crippen LogP contribution is 2.28. The Kier molecular flexibility index (Phi) is 5.62. The molecule has 4 rings (SSSR count). The van der Waals surface area contributed by atoms with Gasteiger partial charge in [0.15, 0.2) is 0 Å². The molecule has 6 nitrogen and oxygen atoms in total.